The number of carboxylic acid groups (broad SMARTS) is 2. The summed E-state index contributed by atoms with van der Waals surface area (Å²) in [7, 11) is 0. The van der Waals surface area contributed by atoms with Gasteiger partial charge in [0, 0.05) is 13.2 Å². The first-order valence-corrected chi connectivity index (χ1v) is 5.48. The lowest BCUT2D eigenvalue weighted by molar-refractivity contribution is -0.140. The lowest BCUT2D eigenvalue weighted by atomic mass is 10.1. The van der Waals surface area contributed by atoms with Crippen molar-refractivity contribution in [1.82, 2.24) is 0 Å². The summed E-state index contributed by atoms with van der Waals surface area (Å²) in [6.45, 7) is 0.188. The van der Waals surface area contributed by atoms with Crippen LogP contribution < -0.4 is 0 Å². The molecule has 0 atom stereocenters. The lowest BCUT2D eigenvalue weighted by Crippen LogP contribution is -2.10. The highest BCUT2D eigenvalue weighted by Crippen LogP contribution is 2.06. The standard InChI is InChI=1S/C10H8O4.C3H8O2/c11-9(12)8(10(13)14)6-7-4-2-1-3-5-7;4-2-1-3-5/h1-6H,(H,11,12)(H,13,14);4-5H,1-3H2. The van der Waals surface area contributed by atoms with Gasteiger partial charge in [-0.05, 0) is 18.1 Å². The van der Waals surface area contributed by atoms with Crippen LogP contribution in [0.2, 0.25) is 0 Å². The van der Waals surface area contributed by atoms with Crippen LogP contribution in [0.4, 0.5) is 0 Å². The monoisotopic (exact) mass is 268 g/mol. The summed E-state index contributed by atoms with van der Waals surface area (Å²) in [4.78, 5) is 21.0. The molecular weight excluding hydrogens is 252 g/mol. The van der Waals surface area contributed by atoms with E-state index in [0.29, 0.717) is 12.0 Å². The number of carbonyl (C=O) groups is 2. The van der Waals surface area contributed by atoms with Crippen molar-refractivity contribution in [3.05, 3.63) is 41.5 Å². The molecule has 0 spiro atoms. The highest BCUT2D eigenvalue weighted by atomic mass is 16.4. The van der Waals surface area contributed by atoms with Crippen LogP contribution >= 0.6 is 0 Å². The van der Waals surface area contributed by atoms with Crippen LogP contribution in [0.25, 0.3) is 6.08 Å². The highest BCUT2D eigenvalue weighted by Gasteiger charge is 2.15. The van der Waals surface area contributed by atoms with E-state index in [4.69, 9.17) is 20.4 Å². The summed E-state index contributed by atoms with van der Waals surface area (Å²) < 4.78 is 0. The molecule has 0 unspecified atom stereocenters. The maximum Gasteiger partial charge on any atom is 0.343 e. The molecule has 0 aliphatic heterocycles. The minimum absolute atomic E-state index is 0.0938. The second kappa shape index (κ2) is 9.81. The SMILES string of the molecule is O=C(O)C(=Cc1ccccc1)C(=O)O.OCCCO. The number of benzene rings is 1. The number of rotatable bonds is 5. The van der Waals surface area contributed by atoms with Gasteiger partial charge >= 0.3 is 11.9 Å². The average molecular weight is 268 g/mol. The summed E-state index contributed by atoms with van der Waals surface area (Å²) in [6, 6.07) is 8.43. The quantitative estimate of drug-likeness (QED) is 0.353. The Labute approximate surface area is 110 Å². The summed E-state index contributed by atoms with van der Waals surface area (Å²) in [5.41, 5.74) is -0.0940. The second-order valence-electron chi connectivity index (χ2n) is 3.38. The van der Waals surface area contributed by atoms with Crippen molar-refractivity contribution >= 4 is 18.0 Å². The largest absolute Gasteiger partial charge is 0.477 e. The molecule has 0 saturated carbocycles. The number of aliphatic carboxylic acids is 2. The Morgan fingerprint density at radius 3 is 1.74 bits per heavy atom. The van der Waals surface area contributed by atoms with Gasteiger partial charge in [-0.15, -0.1) is 0 Å². The van der Waals surface area contributed by atoms with Crippen LogP contribution in [0.5, 0.6) is 0 Å². The molecule has 0 aromatic heterocycles. The molecule has 6 heteroatoms. The van der Waals surface area contributed by atoms with Gasteiger partial charge < -0.3 is 20.4 Å². The first-order chi connectivity index (χ1) is 9.02. The van der Waals surface area contributed by atoms with Gasteiger partial charge in [-0.2, -0.15) is 0 Å². The molecular formula is C13H16O6. The van der Waals surface area contributed by atoms with Gasteiger partial charge in [0.05, 0.1) is 0 Å². The van der Waals surface area contributed by atoms with Crippen molar-refractivity contribution in [2.24, 2.45) is 0 Å². The molecule has 0 aliphatic rings. The fourth-order valence-electron chi connectivity index (χ4n) is 1.00. The van der Waals surface area contributed by atoms with Gasteiger partial charge in [-0.3, -0.25) is 0 Å². The van der Waals surface area contributed by atoms with Crippen molar-refractivity contribution < 1.29 is 30.0 Å². The van der Waals surface area contributed by atoms with Crippen LogP contribution in [0.15, 0.2) is 35.9 Å². The van der Waals surface area contributed by atoms with E-state index in [1.165, 1.54) is 0 Å². The summed E-state index contributed by atoms with van der Waals surface area (Å²) in [5, 5.41) is 32.9. The Morgan fingerprint density at radius 1 is 0.947 bits per heavy atom. The van der Waals surface area contributed by atoms with Crippen LogP contribution in [-0.4, -0.2) is 45.6 Å². The van der Waals surface area contributed by atoms with Crippen molar-refractivity contribution in [1.29, 1.82) is 0 Å². The van der Waals surface area contributed by atoms with E-state index in [1.807, 2.05) is 0 Å². The third kappa shape index (κ3) is 7.69. The molecule has 0 saturated heterocycles. The number of aliphatic hydroxyl groups is 2. The maximum atomic E-state index is 10.5. The molecule has 0 heterocycles. The number of carboxylic acids is 2. The van der Waals surface area contributed by atoms with Gasteiger partial charge in [0.25, 0.3) is 0 Å². The summed E-state index contributed by atoms with van der Waals surface area (Å²) in [5.74, 6) is -2.89. The van der Waals surface area contributed by atoms with E-state index < -0.39 is 17.5 Å². The molecule has 19 heavy (non-hydrogen) atoms. The molecule has 0 bridgehead atoms. The Bertz CT molecular complexity index is 406. The van der Waals surface area contributed by atoms with E-state index >= 15 is 0 Å². The number of hydrogen-bond donors (Lipinski definition) is 4. The van der Waals surface area contributed by atoms with E-state index in [0.717, 1.165) is 6.08 Å². The zero-order valence-corrected chi connectivity index (χ0v) is 10.2. The Morgan fingerprint density at radius 2 is 1.42 bits per heavy atom. The molecule has 1 aromatic rings. The van der Waals surface area contributed by atoms with Gasteiger partial charge in [0.2, 0.25) is 0 Å². The van der Waals surface area contributed by atoms with Crippen LogP contribution in [0.1, 0.15) is 12.0 Å². The van der Waals surface area contributed by atoms with Gasteiger partial charge in [0.1, 0.15) is 5.57 Å². The Balaban J connectivity index is 0.000000555. The fourth-order valence-corrected chi connectivity index (χ4v) is 1.00. The highest BCUT2D eigenvalue weighted by molar-refractivity contribution is 6.16. The molecule has 0 fully saturated rings. The minimum Gasteiger partial charge on any atom is -0.477 e. The molecule has 4 N–H and O–H groups in total. The number of hydrogen-bond acceptors (Lipinski definition) is 4. The molecule has 0 aliphatic carbocycles. The smallest absolute Gasteiger partial charge is 0.343 e. The van der Waals surface area contributed by atoms with Crippen LogP contribution in [0.3, 0.4) is 0 Å². The molecule has 6 nitrogen and oxygen atoms in total. The zero-order chi connectivity index (χ0) is 14.7. The lowest BCUT2D eigenvalue weighted by Gasteiger charge is -1.95. The van der Waals surface area contributed by atoms with Crippen molar-refractivity contribution in [3.8, 4) is 0 Å². The first-order valence-electron chi connectivity index (χ1n) is 5.48. The van der Waals surface area contributed by atoms with Crippen molar-refractivity contribution in [2.75, 3.05) is 13.2 Å². The first kappa shape index (κ1) is 16.8. The average Bonchev–Trinajstić information content (AvgIpc) is 2.38. The number of aliphatic hydroxyl groups excluding tert-OH is 2. The van der Waals surface area contributed by atoms with Crippen LogP contribution in [0, 0.1) is 0 Å². The van der Waals surface area contributed by atoms with Gasteiger partial charge in [0.15, 0.2) is 0 Å². The third-order valence-corrected chi connectivity index (χ3v) is 1.89. The topological polar surface area (TPSA) is 115 Å². The predicted molar refractivity (Wildman–Crippen MR) is 68.5 cm³/mol. The van der Waals surface area contributed by atoms with E-state index in [2.05, 4.69) is 0 Å². The normalized spacial score (nSPS) is 8.95. The van der Waals surface area contributed by atoms with Gasteiger partial charge in [-0.1, -0.05) is 30.3 Å². The molecule has 1 rings (SSSR count). The molecule has 1 aromatic carbocycles. The van der Waals surface area contributed by atoms with Gasteiger partial charge in [-0.25, -0.2) is 9.59 Å². The van der Waals surface area contributed by atoms with Crippen molar-refractivity contribution in [2.45, 2.75) is 6.42 Å². The van der Waals surface area contributed by atoms with E-state index in [1.54, 1.807) is 30.3 Å². The summed E-state index contributed by atoms with van der Waals surface area (Å²) >= 11 is 0. The van der Waals surface area contributed by atoms with Crippen molar-refractivity contribution in [3.63, 3.8) is 0 Å². The Kier molecular flexibility index (Phi) is 8.68. The Hall–Kier alpha value is -2.18. The fraction of sp³-hybridized carbons (Fsp3) is 0.231. The third-order valence-electron chi connectivity index (χ3n) is 1.89. The van der Waals surface area contributed by atoms with E-state index in [9.17, 15) is 9.59 Å². The molecule has 104 valence electrons. The summed E-state index contributed by atoms with van der Waals surface area (Å²) in [6.07, 6.45) is 1.62. The van der Waals surface area contributed by atoms with E-state index in [-0.39, 0.29) is 13.2 Å². The maximum absolute atomic E-state index is 10.5. The predicted octanol–water partition coefficient (Wildman–Crippen LogP) is 0.600. The second-order valence-corrected chi connectivity index (χ2v) is 3.38. The zero-order valence-electron chi connectivity index (χ0n) is 10.2. The van der Waals surface area contributed by atoms with Crippen LogP contribution in [-0.2, 0) is 9.59 Å². The molecule has 0 amide bonds. The minimum atomic E-state index is -1.44. The molecule has 0 radical (unpaired) electrons.